The molecule has 3 rings (SSSR count). The third-order valence-corrected chi connectivity index (χ3v) is 4.61. The normalized spacial score (nSPS) is 11.9. The second kappa shape index (κ2) is 7.35. The van der Waals surface area contributed by atoms with Crippen LogP contribution in [0.25, 0.3) is 11.0 Å². The summed E-state index contributed by atoms with van der Waals surface area (Å²) in [5.41, 5.74) is 2.00. The van der Waals surface area contributed by atoms with Crippen LogP contribution in [0.3, 0.4) is 0 Å². The maximum Gasteiger partial charge on any atom is 0.254 e. The first-order valence-corrected chi connectivity index (χ1v) is 9.28. The van der Waals surface area contributed by atoms with Crippen molar-refractivity contribution in [1.82, 2.24) is 15.0 Å². The van der Waals surface area contributed by atoms with Gasteiger partial charge in [0.2, 0.25) is 5.88 Å². The molecule has 0 atom stereocenters. The van der Waals surface area contributed by atoms with Gasteiger partial charge in [-0.1, -0.05) is 36.4 Å². The van der Waals surface area contributed by atoms with Crippen LogP contribution >= 0.6 is 0 Å². The lowest BCUT2D eigenvalue weighted by Gasteiger charge is -2.08. The van der Waals surface area contributed by atoms with Crippen molar-refractivity contribution in [1.29, 1.82) is 0 Å². The number of nitrogens with zero attached hydrogens (tertiary/aromatic N) is 2. The summed E-state index contributed by atoms with van der Waals surface area (Å²) in [5, 5.41) is 1.59. The fourth-order valence-electron chi connectivity index (χ4n) is 2.40. The first-order valence-electron chi connectivity index (χ1n) is 7.73. The van der Waals surface area contributed by atoms with Crippen molar-refractivity contribution in [2.45, 2.75) is 13.3 Å². The molecule has 0 spiro atoms. The molecule has 0 aliphatic heterocycles. The summed E-state index contributed by atoms with van der Waals surface area (Å²) in [6, 6.07) is 9.94. The predicted molar refractivity (Wildman–Crippen MR) is 96.9 cm³/mol. The Kier molecular flexibility index (Phi) is 4.99. The SMILES string of the molecule is CC=CS(=O)(=O)Nc1c[nH]c2ncnc(OCCc3ccccc3)c12. The summed E-state index contributed by atoms with van der Waals surface area (Å²) in [7, 11) is -3.59. The Morgan fingerprint density at radius 1 is 1.24 bits per heavy atom. The van der Waals surface area contributed by atoms with Gasteiger partial charge in [0.15, 0.2) is 0 Å². The van der Waals surface area contributed by atoms with Gasteiger partial charge in [-0.3, -0.25) is 4.72 Å². The molecule has 0 fully saturated rings. The van der Waals surface area contributed by atoms with Crippen LogP contribution in [0.15, 0.2) is 54.3 Å². The number of nitrogens with one attached hydrogen (secondary N) is 2. The molecule has 2 N–H and O–H groups in total. The first-order chi connectivity index (χ1) is 12.1. The number of hydrogen-bond donors (Lipinski definition) is 2. The molecule has 0 unspecified atom stereocenters. The van der Waals surface area contributed by atoms with Gasteiger partial charge in [0.1, 0.15) is 17.4 Å². The van der Waals surface area contributed by atoms with Gasteiger partial charge in [-0.25, -0.2) is 18.4 Å². The Labute approximate surface area is 145 Å². The first kappa shape index (κ1) is 17.0. The maximum absolute atomic E-state index is 12.0. The Morgan fingerprint density at radius 3 is 2.80 bits per heavy atom. The molecule has 0 amide bonds. The van der Waals surface area contributed by atoms with E-state index in [4.69, 9.17) is 4.74 Å². The summed E-state index contributed by atoms with van der Waals surface area (Å²) >= 11 is 0. The van der Waals surface area contributed by atoms with Gasteiger partial charge < -0.3 is 9.72 Å². The Hall–Kier alpha value is -2.87. The van der Waals surface area contributed by atoms with E-state index in [1.54, 1.807) is 6.92 Å². The van der Waals surface area contributed by atoms with E-state index < -0.39 is 10.0 Å². The zero-order chi connectivity index (χ0) is 17.7. The predicted octanol–water partition coefficient (Wildman–Crippen LogP) is 2.85. The van der Waals surface area contributed by atoms with Crippen LogP contribution in [0, 0.1) is 0 Å². The van der Waals surface area contributed by atoms with Gasteiger partial charge in [0.25, 0.3) is 10.0 Å². The van der Waals surface area contributed by atoms with Gasteiger partial charge in [-0.2, -0.15) is 0 Å². The lowest BCUT2D eigenvalue weighted by molar-refractivity contribution is 0.313. The minimum absolute atomic E-state index is 0.334. The molecule has 2 heterocycles. The fourth-order valence-corrected chi connectivity index (χ4v) is 3.29. The summed E-state index contributed by atoms with van der Waals surface area (Å²) in [6.45, 7) is 2.05. The average molecular weight is 358 g/mol. The van der Waals surface area contributed by atoms with Gasteiger partial charge in [-0.15, -0.1) is 0 Å². The minimum atomic E-state index is -3.59. The molecule has 130 valence electrons. The van der Waals surface area contributed by atoms with Gasteiger partial charge in [-0.05, 0) is 12.5 Å². The van der Waals surface area contributed by atoms with E-state index in [0.717, 1.165) is 17.4 Å². The lowest BCUT2D eigenvalue weighted by atomic mass is 10.2. The molecule has 8 heteroatoms. The largest absolute Gasteiger partial charge is 0.477 e. The summed E-state index contributed by atoms with van der Waals surface area (Å²) in [5.74, 6) is 0.334. The number of rotatable bonds is 7. The monoisotopic (exact) mass is 358 g/mol. The zero-order valence-electron chi connectivity index (χ0n) is 13.6. The molecule has 25 heavy (non-hydrogen) atoms. The lowest BCUT2D eigenvalue weighted by Crippen LogP contribution is -2.09. The molecular weight excluding hydrogens is 340 g/mol. The van der Waals surface area contributed by atoms with Crippen LogP contribution in [-0.4, -0.2) is 30.0 Å². The van der Waals surface area contributed by atoms with Gasteiger partial charge in [0, 0.05) is 18.0 Å². The number of benzene rings is 1. The van der Waals surface area contributed by atoms with Crippen LogP contribution in [-0.2, 0) is 16.4 Å². The Bertz CT molecular complexity index is 982. The van der Waals surface area contributed by atoms with E-state index in [9.17, 15) is 8.42 Å². The highest BCUT2D eigenvalue weighted by Crippen LogP contribution is 2.30. The van der Waals surface area contributed by atoms with Crippen molar-refractivity contribution in [3.63, 3.8) is 0 Å². The number of fused-ring (bicyclic) bond motifs is 1. The summed E-state index contributed by atoms with van der Waals surface area (Å²) in [4.78, 5) is 11.2. The van der Waals surface area contributed by atoms with Crippen molar-refractivity contribution in [3.05, 3.63) is 59.9 Å². The van der Waals surface area contributed by atoms with Crippen LogP contribution in [0.1, 0.15) is 12.5 Å². The molecule has 3 aromatic rings. The fraction of sp³-hybridized carbons (Fsp3) is 0.176. The number of sulfonamides is 1. The number of anilines is 1. The number of ether oxygens (including phenoxy) is 1. The quantitative estimate of drug-likeness (QED) is 0.677. The number of hydrogen-bond acceptors (Lipinski definition) is 5. The molecular formula is C17H18N4O3S. The zero-order valence-corrected chi connectivity index (χ0v) is 14.5. The second-order valence-electron chi connectivity index (χ2n) is 5.31. The van der Waals surface area contributed by atoms with E-state index in [0.29, 0.717) is 29.2 Å². The van der Waals surface area contributed by atoms with Crippen LogP contribution in [0.4, 0.5) is 5.69 Å². The number of H-pyrrole nitrogens is 1. The van der Waals surface area contributed by atoms with Crippen LogP contribution in [0.5, 0.6) is 5.88 Å². The highest BCUT2D eigenvalue weighted by atomic mass is 32.2. The molecule has 7 nitrogen and oxygen atoms in total. The second-order valence-corrected chi connectivity index (χ2v) is 6.87. The van der Waals surface area contributed by atoms with E-state index in [1.807, 2.05) is 30.3 Å². The third-order valence-electron chi connectivity index (χ3n) is 3.47. The van der Waals surface area contributed by atoms with E-state index in [2.05, 4.69) is 19.7 Å². The summed E-state index contributed by atoms with van der Waals surface area (Å²) < 4.78 is 32.2. The maximum atomic E-state index is 12.0. The van der Waals surface area contributed by atoms with Crippen molar-refractivity contribution < 1.29 is 13.2 Å². The molecule has 0 radical (unpaired) electrons. The van der Waals surface area contributed by atoms with Crippen LogP contribution in [0.2, 0.25) is 0 Å². The number of aromatic amines is 1. The smallest absolute Gasteiger partial charge is 0.254 e. The van der Waals surface area contributed by atoms with Crippen molar-refractivity contribution in [2.24, 2.45) is 0 Å². The van der Waals surface area contributed by atoms with Crippen molar-refractivity contribution in [3.8, 4) is 5.88 Å². The van der Waals surface area contributed by atoms with E-state index >= 15 is 0 Å². The van der Waals surface area contributed by atoms with Crippen molar-refractivity contribution >= 4 is 26.7 Å². The number of aromatic nitrogens is 3. The molecule has 0 aliphatic carbocycles. The Morgan fingerprint density at radius 2 is 2.04 bits per heavy atom. The molecule has 2 aromatic heterocycles. The van der Waals surface area contributed by atoms with Crippen molar-refractivity contribution in [2.75, 3.05) is 11.3 Å². The van der Waals surface area contributed by atoms with Crippen LogP contribution < -0.4 is 9.46 Å². The summed E-state index contributed by atoms with van der Waals surface area (Å²) in [6.07, 6.45) is 5.08. The topological polar surface area (TPSA) is 97.0 Å². The molecule has 0 bridgehead atoms. The highest BCUT2D eigenvalue weighted by Gasteiger charge is 2.16. The Balaban J connectivity index is 1.82. The average Bonchev–Trinajstić information content (AvgIpc) is 2.99. The van der Waals surface area contributed by atoms with Gasteiger partial charge in [0.05, 0.1) is 12.3 Å². The highest BCUT2D eigenvalue weighted by molar-refractivity contribution is 7.95. The minimum Gasteiger partial charge on any atom is -0.477 e. The van der Waals surface area contributed by atoms with E-state index in [-0.39, 0.29) is 0 Å². The molecule has 0 saturated carbocycles. The number of allylic oxidation sites excluding steroid dienone is 1. The third kappa shape index (κ3) is 4.16. The molecule has 0 aliphatic rings. The van der Waals surface area contributed by atoms with E-state index in [1.165, 1.54) is 18.6 Å². The molecule has 0 saturated heterocycles. The standard InChI is InChI=1S/C17H18N4O3S/c1-2-10-25(22,23)21-14-11-18-16-15(14)17(20-12-19-16)24-9-8-13-6-4-3-5-7-13/h2-7,10-12,21H,8-9H2,1H3,(H,18,19,20). The molecule has 1 aromatic carbocycles. The van der Waals surface area contributed by atoms with Gasteiger partial charge >= 0.3 is 0 Å².